The summed E-state index contributed by atoms with van der Waals surface area (Å²) in [4.78, 5) is 15.6. The van der Waals surface area contributed by atoms with E-state index in [1.54, 1.807) is 18.5 Å². The van der Waals surface area contributed by atoms with E-state index >= 15 is 0 Å². The lowest BCUT2D eigenvalue weighted by Gasteiger charge is -2.28. The molecular weight excluding hydrogens is 252 g/mol. The Hall–Kier alpha value is -1.84. The molecule has 0 saturated heterocycles. The zero-order chi connectivity index (χ0) is 14.1. The summed E-state index contributed by atoms with van der Waals surface area (Å²) in [5, 5.41) is 9.23. The Balaban J connectivity index is 1.99. The van der Waals surface area contributed by atoms with Gasteiger partial charge in [-0.2, -0.15) is 0 Å². The number of carbonyl (C=O) groups is 1. The third-order valence-electron chi connectivity index (χ3n) is 4.61. The van der Waals surface area contributed by atoms with Crippen molar-refractivity contribution in [2.24, 2.45) is 5.92 Å². The molecule has 0 radical (unpaired) electrons. The first-order valence-electron chi connectivity index (χ1n) is 7.37. The Labute approximate surface area is 118 Å². The van der Waals surface area contributed by atoms with E-state index in [-0.39, 0.29) is 5.56 Å². The van der Waals surface area contributed by atoms with Crippen molar-refractivity contribution in [1.29, 1.82) is 0 Å². The molecule has 20 heavy (non-hydrogen) atoms. The van der Waals surface area contributed by atoms with Crippen molar-refractivity contribution in [3.8, 4) is 0 Å². The van der Waals surface area contributed by atoms with Crippen LogP contribution in [0.2, 0.25) is 0 Å². The number of carboxylic acids is 1. The first-order valence-corrected chi connectivity index (χ1v) is 7.37. The van der Waals surface area contributed by atoms with E-state index < -0.39 is 5.97 Å². The number of fused-ring (bicyclic) bond motifs is 1. The molecule has 4 heteroatoms. The minimum Gasteiger partial charge on any atom is -0.478 e. The fourth-order valence-electron chi connectivity index (χ4n) is 3.40. The third kappa shape index (κ3) is 2.19. The van der Waals surface area contributed by atoms with E-state index in [0.717, 1.165) is 5.52 Å². The van der Waals surface area contributed by atoms with E-state index in [2.05, 4.69) is 16.5 Å². The Morgan fingerprint density at radius 1 is 1.35 bits per heavy atom. The van der Waals surface area contributed by atoms with Gasteiger partial charge >= 0.3 is 5.97 Å². The number of imidazole rings is 1. The summed E-state index contributed by atoms with van der Waals surface area (Å²) in [6, 6.07) is 5.77. The van der Waals surface area contributed by atoms with Crippen molar-refractivity contribution >= 4 is 17.0 Å². The number of hydrogen-bond acceptors (Lipinski definition) is 2. The largest absolute Gasteiger partial charge is 0.478 e. The molecule has 1 aliphatic rings. The number of hydrogen-bond donors (Lipinski definition) is 1. The fraction of sp³-hybridized carbons (Fsp3) is 0.500. The van der Waals surface area contributed by atoms with E-state index in [0.29, 0.717) is 17.5 Å². The Morgan fingerprint density at radius 3 is 2.80 bits per heavy atom. The maximum absolute atomic E-state index is 11.2. The molecule has 1 atom stereocenters. The van der Waals surface area contributed by atoms with Gasteiger partial charge in [-0.1, -0.05) is 25.3 Å². The molecular formula is C16H20N2O2. The average molecular weight is 272 g/mol. The van der Waals surface area contributed by atoms with E-state index in [1.165, 1.54) is 32.1 Å². The number of benzene rings is 1. The molecule has 0 spiro atoms. The summed E-state index contributed by atoms with van der Waals surface area (Å²) in [6.45, 7) is 2.23. The zero-order valence-corrected chi connectivity index (χ0v) is 11.7. The first-order chi connectivity index (χ1) is 9.68. The minimum absolute atomic E-state index is 0.289. The summed E-state index contributed by atoms with van der Waals surface area (Å²) in [7, 11) is 0. The quantitative estimate of drug-likeness (QED) is 0.922. The van der Waals surface area contributed by atoms with Crippen LogP contribution in [-0.4, -0.2) is 20.6 Å². The monoisotopic (exact) mass is 272 g/mol. The molecule has 0 bridgehead atoms. The SMILES string of the molecule is CC(C1CCCCC1)n1cnc2c(C(=O)O)cccc21. The highest BCUT2D eigenvalue weighted by Crippen LogP contribution is 2.34. The highest BCUT2D eigenvalue weighted by Gasteiger charge is 2.23. The van der Waals surface area contributed by atoms with Gasteiger partial charge in [-0.3, -0.25) is 0 Å². The molecule has 0 aliphatic heterocycles. The van der Waals surface area contributed by atoms with Crippen molar-refractivity contribution in [3.05, 3.63) is 30.1 Å². The summed E-state index contributed by atoms with van der Waals surface area (Å²) in [5.74, 6) is -0.235. The highest BCUT2D eigenvalue weighted by molar-refractivity contribution is 6.00. The van der Waals surface area contributed by atoms with Crippen LogP contribution in [0.1, 0.15) is 55.4 Å². The normalized spacial score (nSPS) is 18.2. The Kier molecular flexibility index (Phi) is 3.47. The number of carboxylic acid groups (broad SMARTS) is 1. The van der Waals surface area contributed by atoms with Crippen molar-refractivity contribution in [1.82, 2.24) is 9.55 Å². The van der Waals surface area contributed by atoms with Crippen LogP contribution in [0.4, 0.5) is 0 Å². The van der Waals surface area contributed by atoms with Gasteiger partial charge in [0.15, 0.2) is 0 Å². The van der Waals surface area contributed by atoms with Crippen LogP contribution in [0.15, 0.2) is 24.5 Å². The molecule has 1 unspecified atom stereocenters. The van der Waals surface area contributed by atoms with Gasteiger partial charge in [-0.05, 0) is 37.8 Å². The van der Waals surface area contributed by atoms with Gasteiger partial charge in [0.2, 0.25) is 0 Å². The fourth-order valence-corrected chi connectivity index (χ4v) is 3.40. The van der Waals surface area contributed by atoms with Gasteiger partial charge < -0.3 is 9.67 Å². The van der Waals surface area contributed by atoms with Gasteiger partial charge in [0.05, 0.1) is 17.4 Å². The lowest BCUT2D eigenvalue weighted by atomic mass is 9.84. The molecule has 1 aliphatic carbocycles. The second-order valence-electron chi connectivity index (χ2n) is 5.77. The summed E-state index contributed by atoms with van der Waals surface area (Å²) in [6.07, 6.45) is 8.29. The molecule has 1 heterocycles. The Bertz CT molecular complexity index is 626. The molecule has 1 aromatic carbocycles. The van der Waals surface area contributed by atoms with Crippen LogP contribution < -0.4 is 0 Å². The molecule has 1 fully saturated rings. The van der Waals surface area contributed by atoms with Crippen LogP contribution in [0.3, 0.4) is 0 Å². The second-order valence-corrected chi connectivity index (χ2v) is 5.77. The van der Waals surface area contributed by atoms with Crippen molar-refractivity contribution in [3.63, 3.8) is 0 Å². The molecule has 1 N–H and O–H groups in total. The van der Waals surface area contributed by atoms with Crippen LogP contribution in [0.5, 0.6) is 0 Å². The lowest BCUT2D eigenvalue weighted by Crippen LogP contribution is -2.18. The summed E-state index contributed by atoms with van der Waals surface area (Å²) < 4.78 is 2.15. The Morgan fingerprint density at radius 2 is 2.10 bits per heavy atom. The lowest BCUT2D eigenvalue weighted by molar-refractivity contribution is 0.0699. The number of aromatic carboxylic acids is 1. The summed E-state index contributed by atoms with van der Waals surface area (Å²) in [5.41, 5.74) is 1.82. The molecule has 4 nitrogen and oxygen atoms in total. The molecule has 0 amide bonds. The summed E-state index contributed by atoms with van der Waals surface area (Å²) >= 11 is 0. The van der Waals surface area contributed by atoms with Crippen LogP contribution in [0, 0.1) is 5.92 Å². The minimum atomic E-state index is -0.911. The predicted octanol–water partition coefficient (Wildman–Crippen LogP) is 3.88. The standard InChI is InChI=1S/C16H20N2O2/c1-11(12-6-3-2-4-7-12)18-10-17-15-13(16(19)20)8-5-9-14(15)18/h5,8-12H,2-4,6-7H2,1H3,(H,19,20). The van der Waals surface area contributed by atoms with Gasteiger partial charge in [-0.25, -0.2) is 9.78 Å². The predicted molar refractivity (Wildman–Crippen MR) is 78.0 cm³/mol. The first kappa shape index (κ1) is 13.2. The maximum atomic E-state index is 11.2. The van der Waals surface area contributed by atoms with Gasteiger partial charge in [-0.15, -0.1) is 0 Å². The molecule has 1 aromatic heterocycles. The zero-order valence-electron chi connectivity index (χ0n) is 11.7. The molecule has 2 aromatic rings. The molecule has 106 valence electrons. The highest BCUT2D eigenvalue weighted by atomic mass is 16.4. The van der Waals surface area contributed by atoms with E-state index in [1.807, 2.05) is 6.07 Å². The van der Waals surface area contributed by atoms with E-state index in [9.17, 15) is 9.90 Å². The molecule has 3 rings (SSSR count). The smallest absolute Gasteiger partial charge is 0.337 e. The number of para-hydroxylation sites is 1. The van der Waals surface area contributed by atoms with Crippen LogP contribution in [-0.2, 0) is 0 Å². The van der Waals surface area contributed by atoms with Gasteiger partial charge in [0.1, 0.15) is 5.52 Å². The van der Waals surface area contributed by atoms with Crippen LogP contribution >= 0.6 is 0 Å². The third-order valence-corrected chi connectivity index (χ3v) is 4.61. The number of rotatable bonds is 3. The second kappa shape index (κ2) is 5.27. The maximum Gasteiger partial charge on any atom is 0.337 e. The van der Waals surface area contributed by atoms with Gasteiger partial charge in [0, 0.05) is 6.04 Å². The van der Waals surface area contributed by atoms with Gasteiger partial charge in [0.25, 0.3) is 0 Å². The molecule has 1 saturated carbocycles. The number of aromatic nitrogens is 2. The van der Waals surface area contributed by atoms with E-state index in [4.69, 9.17) is 0 Å². The van der Waals surface area contributed by atoms with Crippen molar-refractivity contribution < 1.29 is 9.90 Å². The average Bonchev–Trinajstić information content (AvgIpc) is 2.91. The van der Waals surface area contributed by atoms with Crippen molar-refractivity contribution in [2.45, 2.75) is 45.1 Å². The topological polar surface area (TPSA) is 55.1 Å². The number of nitrogens with zero attached hydrogens (tertiary/aromatic N) is 2. The van der Waals surface area contributed by atoms with Crippen LogP contribution in [0.25, 0.3) is 11.0 Å². The van der Waals surface area contributed by atoms with Crippen molar-refractivity contribution in [2.75, 3.05) is 0 Å².